The molecule has 0 saturated heterocycles. The first-order chi connectivity index (χ1) is 7.20. The minimum atomic E-state index is -0.454. The molecule has 0 aromatic carbocycles. The van der Waals surface area contributed by atoms with Crippen LogP contribution in [-0.4, -0.2) is 21.4 Å². The van der Waals surface area contributed by atoms with Gasteiger partial charge >= 0.3 is 5.97 Å². The van der Waals surface area contributed by atoms with Crippen LogP contribution in [0.3, 0.4) is 0 Å². The van der Waals surface area contributed by atoms with Gasteiger partial charge in [-0.2, -0.15) is 5.10 Å². The average Bonchev–Trinajstić information content (AvgIpc) is 2.30. The first-order valence-corrected chi connectivity index (χ1v) is 5.91. The lowest BCUT2D eigenvalue weighted by Gasteiger charge is -2.19. The number of halogens is 1. The summed E-state index contributed by atoms with van der Waals surface area (Å²) in [7, 11) is 0. The van der Waals surface area contributed by atoms with Crippen LogP contribution >= 0.6 is 15.9 Å². The van der Waals surface area contributed by atoms with Crippen molar-refractivity contribution in [3.05, 3.63) is 15.9 Å². The lowest BCUT2D eigenvalue weighted by molar-refractivity contribution is -0.155. The van der Waals surface area contributed by atoms with E-state index >= 15 is 0 Å². The van der Waals surface area contributed by atoms with E-state index in [1.807, 2.05) is 34.6 Å². The molecule has 0 amide bonds. The van der Waals surface area contributed by atoms with Crippen molar-refractivity contribution in [2.75, 3.05) is 0 Å². The van der Waals surface area contributed by atoms with Crippen LogP contribution in [0, 0.1) is 13.8 Å². The van der Waals surface area contributed by atoms with E-state index in [9.17, 15) is 4.79 Å². The summed E-state index contributed by atoms with van der Waals surface area (Å²) in [6, 6.07) is 0. The number of hydrogen-bond donors (Lipinski definition) is 0. The van der Waals surface area contributed by atoms with Gasteiger partial charge in [-0.1, -0.05) is 0 Å². The predicted molar refractivity (Wildman–Crippen MR) is 65.2 cm³/mol. The summed E-state index contributed by atoms with van der Waals surface area (Å²) in [5, 5.41) is 4.25. The molecule has 0 atom stereocenters. The van der Waals surface area contributed by atoms with Crippen molar-refractivity contribution in [2.45, 2.75) is 46.8 Å². The van der Waals surface area contributed by atoms with Gasteiger partial charge in [-0.3, -0.25) is 9.48 Å². The van der Waals surface area contributed by atoms with E-state index in [0.29, 0.717) is 0 Å². The van der Waals surface area contributed by atoms with Gasteiger partial charge in [0.25, 0.3) is 0 Å². The van der Waals surface area contributed by atoms with Gasteiger partial charge < -0.3 is 4.74 Å². The molecule has 0 unspecified atom stereocenters. The normalized spacial score (nSPS) is 11.6. The smallest absolute Gasteiger partial charge is 0.328 e. The van der Waals surface area contributed by atoms with E-state index < -0.39 is 5.60 Å². The molecule has 0 aliphatic carbocycles. The monoisotopic (exact) mass is 288 g/mol. The summed E-state index contributed by atoms with van der Waals surface area (Å²) < 4.78 is 7.82. The second kappa shape index (κ2) is 4.57. The zero-order valence-corrected chi connectivity index (χ0v) is 11.9. The van der Waals surface area contributed by atoms with Crippen molar-refractivity contribution >= 4 is 21.9 Å². The number of carbonyl (C=O) groups is 1. The van der Waals surface area contributed by atoms with Gasteiger partial charge in [0, 0.05) is 0 Å². The number of esters is 1. The fourth-order valence-electron chi connectivity index (χ4n) is 1.33. The fraction of sp³-hybridized carbons (Fsp3) is 0.636. The Balaban J connectivity index is 2.74. The lowest BCUT2D eigenvalue weighted by atomic mass is 10.2. The molecule has 5 heteroatoms. The second-order valence-corrected chi connectivity index (χ2v) is 5.52. The molecule has 1 aromatic heterocycles. The topological polar surface area (TPSA) is 44.1 Å². The van der Waals surface area contributed by atoms with Gasteiger partial charge in [0.15, 0.2) is 0 Å². The van der Waals surface area contributed by atoms with E-state index in [1.165, 1.54) is 0 Å². The molecule has 16 heavy (non-hydrogen) atoms. The third kappa shape index (κ3) is 3.33. The third-order valence-corrected chi connectivity index (χ3v) is 3.14. The van der Waals surface area contributed by atoms with Crippen LogP contribution in [-0.2, 0) is 16.1 Å². The van der Waals surface area contributed by atoms with Crippen molar-refractivity contribution in [1.29, 1.82) is 0 Å². The van der Waals surface area contributed by atoms with Crippen molar-refractivity contribution in [3.8, 4) is 0 Å². The van der Waals surface area contributed by atoms with Crippen LogP contribution in [0.1, 0.15) is 32.2 Å². The highest BCUT2D eigenvalue weighted by molar-refractivity contribution is 9.10. The Morgan fingerprint density at radius 3 is 2.38 bits per heavy atom. The Bertz CT molecular complexity index is 405. The number of rotatable bonds is 2. The molecule has 90 valence electrons. The van der Waals surface area contributed by atoms with Gasteiger partial charge in [-0.05, 0) is 50.5 Å². The number of ether oxygens (including phenoxy) is 1. The van der Waals surface area contributed by atoms with Crippen LogP contribution in [0.25, 0.3) is 0 Å². The number of hydrogen-bond acceptors (Lipinski definition) is 3. The summed E-state index contributed by atoms with van der Waals surface area (Å²) in [6.07, 6.45) is 0. The molecular weight excluding hydrogens is 272 g/mol. The highest BCUT2D eigenvalue weighted by atomic mass is 79.9. The second-order valence-electron chi connectivity index (χ2n) is 4.73. The van der Waals surface area contributed by atoms with Crippen LogP contribution in [0.2, 0.25) is 0 Å². The summed E-state index contributed by atoms with van der Waals surface area (Å²) in [6.45, 7) is 9.50. The molecule has 0 aliphatic rings. The van der Waals surface area contributed by atoms with Crippen molar-refractivity contribution in [1.82, 2.24) is 9.78 Å². The maximum absolute atomic E-state index is 11.6. The number of nitrogens with zero attached hydrogens (tertiary/aromatic N) is 2. The summed E-state index contributed by atoms with van der Waals surface area (Å²) in [5.41, 5.74) is 1.36. The maximum Gasteiger partial charge on any atom is 0.328 e. The summed E-state index contributed by atoms with van der Waals surface area (Å²) >= 11 is 3.42. The van der Waals surface area contributed by atoms with Crippen LogP contribution in [0.4, 0.5) is 0 Å². The Hall–Kier alpha value is -0.840. The van der Waals surface area contributed by atoms with Crippen molar-refractivity contribution in [3.63, 3.8) is 0 Å². The van der Waals surface area contributed by atoms with Gasteiger partial charge in [-0.25, -0.2) is 0 Å². The SMILES string of the molecule is Cc1nn(CC(=O)OC(C)(C)C)c(C)c1Br. The Morgan fingerprint density at radius 1 is 1.44 bits per heavy atom. The summed E-state index contributed by atoms with van der Waals surface area (Å²) in [4.78, 5) is 11.6. The molecule has 0 bridgehead atoms. The molecule has 1 rings (SSSR count). The summed E-state index contributed by atoms with van der Waals surface area (Å²) in [5.74, 6) is -0.273. The van der Waals surface area contributed by atoms with Crippen LogP contribution in [0.5, 0.6) is 0 Å². The third-order valence-electron chi connectivity index (χ3n) is 1.99. The largest absolute Gasteiger partial charge is 0.459 e. The molecule has 0 radical (unpaired) electrons. The maximum atomic E-state index is 11.6. The Morgan fingerprint density at radius 2 is 2.00 bits per heavy atom. The van der Waals surface area contributed by atoms with Gasteiger partial charge in [-0.15, -0.1) is 0 Å². The standard InChI is InChI=1S/C11H17BrN2O2/c1-7-10(12)8(2)14(13-7)6-9(15)16-11(3,4)5/h6H2,1-5H3. The molecule has 1 heterocycles. The van der Waals surface area contributed by atoms with Crippen molar-refractivity contribution in [2.24, 2.45) is 0 Å². The van der Waals surface area contributed by atoms with Crippen LogP contribution in [0.15, 0.2) is 4.47 Å². The Labute approximate surface area is 104 Å². The Kier molecular flexibility index (Phi) is 3.78. The quantitative estimate of drug-likeness (QED) is 0.786. The minimum absolute atomic E-state index is 0.148. The highest BCUT2D eigenvalue weighted by Crippen LogP contribution is 2.19. The molecule has 0 spiro atoms. The molecule has 0 saturated carbocycles. The van der Waals surface area contributed by atoms with E-state index in [0.717, 1.165) is 15.9 Å². The van der Waals surface area contributed by atoms with Gasteiger partial charge in [0.1, 0.15) is 12.1 Å². The first-order valence-electron chi connectivity index (χ1n) is 5.12. The molecule has 4 nitrogen and oxygen atoms in total. The molecule has 1 aromatic rings. The first kappa shape index (κ1) is 13.2. The highest BCUT2D eigenvalue weighted by Gasteiger charge is 2.18. The number of aromatic nitrogens is 2. The van der Waals surface area contributed by atoms with E-state index in [1.54, 1.807) is 4.68 Å². The van der Waals surface area contributed by atoms with Gasteiger partial charge in [0.2, 0.25) is 0 Å². The fourth-order valence-corrected chi connectivity index (χ4v) is 1.61. The zero-order chi connectivity index (χ0) is 12.5. The lowest BCUT2D eigenvalue weighted by Crippen LogP contribution is -2.27. The van der Waals surface area contributed by atoms with Gasteiger partial charge in [0.05, 0.1) is 15.9 Å². The van der Waals surface area contributed by atoms with E-state index in [2.05, 4.69) is 21.0 Å². The molecule has 0 aliphatic heterocycles. The average molecular weight is 289 g/mol. The molecule has 0 N–H and O–H groups in total. The number of carbonyl (C=O) groups excluding carboxylic acids is 1. The van der Waals surface area contributed by atoms with Crippen LogP contribution < -0.4 is 0 Å². The minimum Gasteiger partial charge on any atom is -0.459 e. The number of aryl methyl sites for hydroxylation is 1. The van der Waals surface area contributed by atoms with E-state index in [4.69, 9.17) is 4.74 Å². The van der Waals surface area contributed by atoms with E-state index in [-0.39, 0.29) is 12.5 Å². The predicted octanol–water partition coefficient (Wildman–Crippen LogP) is 2.60. The van der Waals surface area contributed by atoms with Crippen molar-refractivity contribution < 1.29 is 9.53 Å². The molecular formula is C11H17BrN2O2. The molecule has 0 fully saturated rings. The zero-order valence-electron chi connectivity index (χ0n) is 10.3.